The summed E-state index contributed by atoms with van der Waals surface area (Å²) in [5.41, 5.74) is 5.33. The number of benzene rings is 1. The Morgan fingerprint density at radius 3 is 2.52 bits per heavy atom. The standard InChI is InChI=1S/C20H22ClNO/c21-17-5-3-4-16(14-17)6-7-18-15-20(23-22-18)12-10-19(11-13-20)8-1-2-9-19/h3-5,14-15,22H,1-2,8-13H2. The molecular formula is C20H22ClNO. The Labute approximate surface area is 143 Å². The summed E-state index contributed by atoms with van der Waals surface area (Å²) in [6.45, 7) is 0. The van der Waals surface area contributed by atoms with Crippen molar-refractivity contribution in [2.75, 3.05) is 0 Å². The van der Waals surface area contributed by atoms with Crippen molar-refractivity contribution in [2.45, 2.75) is 57.0 Å². The monoisotopic (exact) mass is 327 g/mol. The zero-order chi connectivity index (χ0) is 15.8. The average molecular weight is 328 g/mol. The van der Waals surface area contributed by atoms with Crippen LogP contribution in [0.1, 0.15) is 56.9 Å². The van der Waals surface area contributed by atoms with Crippen LogP contribution in [0.3, 0.4) is 0 Å². The molecular weight excluding hydrogens is 306 g/mol. The molecule has 2 aliphatic carbocycles. The molecule has 0 saturated heterocycles. The van der Waals surface area contributed by atoms with E-state index in [0.29, 0.717) is 10.4 Å². The van der Waals surface area contributed by atoms with Gasteiger partial charge in [0.15, 0.2) is 0 Å². The van der Waals surface area contributed by atoms with Crippen LogP contribution >= 0.6 is 11.6 Å². The van der Waals surface area contributed by atoms with E-state index in [1.54, 1.807) is 0 Å². The van der Waals surface area contributed by atoms with E-state index in [9.17, 15) is 0 Å². The van der Waals surface area contributed by atoms with Gasteiger partial charge in [-0.3, -0.25) is 10.3 Å². The van der Waals surface area contributed by atoms with Crippen LogP contribution in [0.25, 0.3) is 0 Å². The molecule has 0 amide bonds. The van der Waals surface area contributed by atoms with Crippen molar-refractivity contribution in [1.29, 1.82) is 0 Å². The van der Waals surface area contributed by atoms with Crippen LogP contribution in [0.2, 0.25) is 5.02 Å². The van der Waals surface area contributed by atoms with E-state index in [1.165, 1.54) is 38.5 Å². The molecule has 120 valence electrons. The minimum atomic E-state index is -0.133. The third-order valence-electron chi connectivity index (χ3n) is 5.76. The van der Waals surface area contributed by atoms with E-state index in [2.05, 4.69) is 23.4 Å². The number of hydroxylamine groups is 1. The third kappa shape index (κ3) is 3.13. The second-order valence-electron chi connectivity index (χ2n) is 7.29. The quantitative estimate of drug-likeness (QED) is 0.678. The molecule has 2 nitrogen and oxygen atoms in total. The second-order valence-corrected chi connectivity index (χ2v) is 7.73. The average Bonchev–Trinajstić information content (AvgIpc) is 3.17. The molecule has 2 fully saturated rings. The lowest BCUT2D eigenvalue weighted by Gasteiger charge is -2.41. The Hall–Kier alpha value is -1.43. The normalized spacial score (nSPS) is 24.1. The molecule has 1 aromatic rings. The minimum absolute atomic E-state index is 0.133. The molecule has 3 aliphatic rings. The summed E-state index contributed by atoms with van der Waals surface area (Å²) in [4.78, 5) is 5.94. The van der Waals surface area contributed by atoms with E-state index in [1.807, 2.05) is 24.3 Å². The van der Waals surface area contributed by atoms with Crippen LogP contribution in [-0.4, -0.2) is 5.60 Å². The molecule has 4 rings (SSSR count). The number of nitrogens with one attached hydrogen (secondary N) is 1. The van der Waals surface area contributed by atoms with Gasteiger partial charge in [0.05, 0.1) is 0 Å². The maximum Gasteiger partial charge on any atom is 0.117 e. The van der Waals surface area contributed by atoms with Gasteiger partial charge in [0.25, 0.3) is 0 Å². The molecule has 1 aromatic carbocycles. The lowest BCUT2D eigenvalue weighted by Crippen LogP contribution is -2.38. The van der Waals surface area contributed by atoms with E-state index in [4.69, 9.17) is 16.4 Å². The highest BCUT2D eigenvalue weighted by molar-refractivity contribution is 6.30. The molecule has 2 saturated carbocycles. The number of rotatable bonds is 0. The van der Waals surface area contributed by atoms with Crippen molar-refractivity contribution in [1.82, 2.24) is 5.48 Å². The van der Waals surface area contributed by atoms with Gasteiger partial charge in [0, 0.05) is 10.6 Å². The number of halogens is 1. The van der Waals surface area contributed by atoms with E-state index in [-0.39, 0.29) is 5.60 Å². The first-order chi connectivity index (χ1) is 11.2. The van der Waals surface area contributed by atoms with Crippen LogP contribution in [0.5, 0.6) is 0 Å². The summed E-state index contributed by atoms with van der Waals surface area (Å²) in [6.07, 6.45) is 12.7. The highest BCUT2D eigenvalue weighted by Crippen LogP contribution is 2.52. The number of hydrogen-bond donors (Lipinski definition) is 1. The third-order valence-corrected chi connectivity index (χ3v) is 5.99. The van der Waals surface area contributed by atoms with Crippen molar-refractivity contribution in [3.63, 3.8) is 0 Å². The molecule has 1 aliphatic heterocycles. The maximum absolute atomic E-state index is 5.99. The summed E-state index contributed by atoms with van der Waals surface area (Å²) in [7, 11) is 0. The van der Waals surface area contributed by atoms with Crippen LogP contribution < -0.4 is 5.48 Å². The van der Waals surface area contributed by atoms with E-state index < -0.39 is 0 Å². The van der Waals surface area contributed by atoms with Gasteiger partial charge in [-0.25, -0.2) is 0 Å². The largest absolute Gasteiger partial charge is 0.265 e. The summed E-state index contributed by atoms with van der Waals surface area (Å²) < 4.78 is 0. The van der Waals surface area contributed by atoms with Crippen molar-refractivity contribution in [2.24, 2.45) is 5.41 Å². The molecule has 1 N–H and O–H groups in total. The number of allylic oxidation sites excluding steroid dienone is 1. The molecule has 0 atom stereocenters. The SMILES string of the molecule is Clc1cccc(C#CC2=CC3(CCC4(CCCC4)CC3)ON2)c1. The van der Waals surface area contributed by atoms with Crippen molar-refractivity contribution in [3.8, 4) is 11.8 Å². The summed E-state index contributed by atoms with van der Waals surface area (Å²) >= 11 is 5.99. The molecule has 0 aromatic heterocycles. The fraction of sp³-hybridized carbons (Fsp3) is 0.500. The highest BCUT2D eigenvalue weighted by Gasteiger charge is 2.45. The van der Waals surface area contributed by atoms with Crippen molar-refractivity contribution < 1.29 is 4.84 Å². The second kappa shape index (κ2) is 5.89. The summed E-state index contributed by atoms with van der Waals surface area (Å²) in [5, 5.41) is 0.715. The zero-order valence-electron chi connectivity index (χ0n) is 13.3. The predicted molar refractivity (Wildman–Crippen MR) is 92.7 cm³/mol. The van der Waals surface area contributed by atoms with E-state index in [0.717, 1.165) is 24.1 Å². The zero-order valence-corrected chi connectivity index (χ0v) is 14.1. The Balaban J connectivity index is 1.46. The van der Waals surface area contributed by atoms with Crippen LogP contribution in [-0.2, 0) is 4.84 Å². The Morgan fingerprint density at radius 2 is 1.78 bits per heavy atom. The Bertz CT molecular complexity index is 681. The van der Waals surface area contributed by atoms with Crippen LogP contribution in [0.15, 0.2) is 36.0 Å². The molecule has 23 heavy (non-hydrogen) atoms. The molecule has 0 unspecified atom stereocenters. The molecule has 0 radical (unpaired) electrons. The van der Waals surface area contributed by atoms with E-state index >= 15 is 0 Å². The summed E-state index contributed by atoms with van der Waals surface area (Å²) in [5.74, 6) is 6.33. The van der Waals surface area contributed by atoms with Gasteiger partial charge in [-0.2, -0.15) is 0 Å². The molecule has 1 heterocycles. The Kier molecular flexibility index (Phi) is 3.87. The van der Waals surface area contributed by atoms with Gasteiger partial charge >= 0.3 is 0 Å². The lowest BCUT2D eigenvalue weighted by molar-refractivity contribution is -0.0799. The summed E-state index contributed by atoms with van der Waals surface area (Å²) in [6, 6.07) is 7.63. The van der Waals surface area contributed by atoms with Crippen LogP contribution in [0, 0.1) is 17.3 Å². The molecule has 3 heteroatoms. The van der Waals surface area contributed by atoms with Gasteiger partial charge in [-0.15, -0.1) is 0 Å². The Morgan fingerprint density at radius 1 is 1.00 bits per heavy atom. The predicted octanol–water partition coefficient (Wildman–Crippen LogP) is 4.98. The highest BCUT2D eigenvalue weighted by atomic mass is 35.5. The lowest BCUT2D eigenvalue weighted by atomic mass is 9.67. The van der Waals surface area contributed by atoms with Gasteiger partial charge in [-0.05, 0) is 74.1 Å². The first-order valence-electron chi connectivity index (χ1n) is 8.62. The van der Waals surface area contributed by atoms with Gasteiger partial charge in [0.2, 0.25) is 0 Å². The fourth-order valence-electron chi connectivity index (χ4n) is 4.32. The minimum Gasteiger partial charge on any atom is -0.265 e. The van der Waals surface area contributed by atoms with Gasteiger partial charge < -0.3 is 0 Å². The molecule has 0 bridgehead atoms. The van der Waals surface area contributed by atoms with Crippen molar-refractivity contribution >= 4 is 11.6 Å². The first-order valence-corrected chi connectivity index (χ1v) is 9.00. The smallest absolute Gasteiger partial charge is 0.117 e. The maximum atomic E-state index is 5.99. The fourth-order valence-corrected chi connectivity index (χ4v) is 4.51. The first kappa shape index (κ1) is 15.1. The van der Waals surface area contributed by atoms with Crippen LogP contribution in [0.4, 0.5) is 0 Å². The topological polar surface area (TPSA) is 21.3 Å². The van der Waals surface area contributed by atoms with Gasteiger partial charge in [-0.1, -0.05) is 36.4 Å². The number of hydrogen-bond acceptors (Lipinski definition) is 2. The van der Waals surface area contributed by atoms with Gasteiger partial charge in [0.1, 0.15) is 11.3 Å². The molecule has 2 spiro atoms. The van der Waals surface area contributed by atoms with Crippen molar-refractivity contribution in [3.05, 3.63) is 46.6 Å².